The lowest BCUT2D eigenvalue weighted by atomic mass is 10.2. The van der Waals surface area contributed by atoms with Gasteiger partial charge in [-0.05, 0) is 25.5 Å². The molecule has 0 radical (unpaired) electrons. The molecule has 1 atom stereocenters. The van der Waals surface area contributed by atoms with Crippen LogP contribution in [0.25, 0.3) is 0 Å². The molecule has 0 amide bonds. The molecule has 1 aromatic carbocycles. The van der Waals surface area contributed by atoms with E-state index in [1.54, 1.807) is 0 Å². The van der Waals surface area contributed by atoms with E-state index in [1.165, 1.54) is 21.9 Å². The molecule has 0 bridgehead atoms. The van der Waals surface area contributed by atoms with Gasteiger partial charge in [0, 0.05) is 21.5 Å². The minimum absolute atomic E-state index is 0.0435. The number of hydrogen-bond donors (Lipinski definition) is 0. The molecule has 0 aliphatic heterocycles. The first-order valence-electron chi connectivity index (χ1n) is 5.11. The predicted molar refractivity (Wildman–Crippen MR) is 67.2 cm³/mol. The van der Waals surface area contributed by atoms with Gasteiger partial charge in [0.05, 0.1) is 0 Å². The van der Waals surface area contributed by atoms with Crippen molar-refractivity contribution in [1.82, 2.24) is 0 Å². The molecule has 1 aromatic rings. The van der Waals surface area contributed by atoms with E-state index in [1.807, 2.05) is 0 Å². The normalized spacial score (nSPS) is 13.7. The SMILES string of the molecule is CCC(C)N([SiH2][SiH3])c1ccccc1. The molecule has 1 rings (SSSR count). The molecule has 0 saturated heterocycles. The third-order valence-electron chi connectivity index (χ3n) is 2.55. The van der Waals surface area contributed by atoms with Crippen LogP contribution in [-0.4, -0.2) is 25.0 Å². The number of anilines is 1. The Morgan fingerprint density at radius 2 is 2.00 bits per heavy atom. The van der Waals surface area contributed by atoms with Gasteiger partial charge < -0.3 is 4.57 Å². The highest BCUT2D eigenvalue weighted by Gasteiger charge is 2.09. The van der Waals surface area contributed by atoms with Gasteiger partial charge in [0.2, 0.25) is 0 Å². The van der Waals surface area contributed by atoms with Crippen molar-refractivity contribution in [3.63, 3.8) is 0 Å². The summed E-state index contributed by atoms with van der Waals surface area (Å²) in [5.41, 5.74) is 1.43. The maximum atomic E-state index is 2.63. The third kappa shape index (κ3) is 2.70. The van der Waals surface area contributed by atoms with Gasteiger partial charge in [-0.25, -0.2) is 0 Å². The summed E-state index contributed by atoms with van der Waals surface area (Å²) in [5, 5.41) is 0. The minimum Gasteiger partial charge on any atom is -0.404 e. The summed E-state index contributed by atoms with van der Waals surface area (Å²) in [5.74, 6) is 0. The van der Waals surface area contributed by atoms with Gasteiger partial charge in [-0.2, -0.15) is 0 Å². The lowest BCUT2D eigenvalue weighted by Gasteiger charge is -2.29. The first kappa shape index (κ1) is 10.5. The molecule has 1 nitrogen and oxygen atoms in total. The number of benzene rings is 1. The van der Waals surface area contributed by atoms with Crippen LogP contribution in [0, 0.1) is 0 Å². The first-order valence-corrected chi connectivity index (χ1v) is 11.4. The van der Waals surface area contributed by atoms with E-state index in [-0.39, 0.29) is 9.20 Å². The standard InChI is InChI=1S/C10H19NSi2/c1-3-9(2)11(13-12)10-7-5-4-6-8-10/h4-9H,3,13H2,1-2,12H3. The zero-order valence-electron chi connectivity index (χ0n) is 8.83. The van der Waals surface area contributed by atoms with Crippen LogP contribution in [0.3, 0.4) is 0 Å². The lowest BCUT2D eigenvalue weighted by Crippen LogP contribution is -2.36. The Bertz CT molecular complexity index is 238. The molecule has 72 valence electrons. The van der Waals surface area contributed by atoms with Crippen LogP contribution >= 0.6 is 0 Å². The molecular weight excluding hydrogens is 190 g/mol. The maximum Gasteiger partial charge on any atom is 0.103 e. The van der Waals surface area contributed by atoms with Crippen LogP contribution in [0.15, 0.2) is 30.3 Å². The first-order chi connectivity index (χ1) is 6.29. The van der Waals surface area contributed by atoms with E-state index in [2.05, 4.69) is 48.7 Å². The van der Waals surface area contributed by atoms with Crippen molar-refractivity contribution in [2.45, 2.75) is 26.3 Å². The monoisotopic (exact) mass is 209 g/mol. The summed E-state index contributed by atoms with van der Waals surface area (Å²) in [6.45, 7) is 4.60. The van der Waals surface area contributed by atoms with Gasteiger partial charge in [-0.3, -0.25) is 0 Å². The molecule has 3 heteroatoms. The predicted octanol–water partition coefficient (Wildman–Crippen LogP) is 0.656. The van der Waals surface area contributed by atoms with E-state index < -0.39 is 0 Å². The second kappa shape index (κ2) is 5.24. The van der Waals surface area contributed by atoms with E-state index in [0.717, 1.165) is 6.04 Å². The minimum atomic E-state index is 0.0435. The Hall–Kier alpha value is -0.546. The van der Waals surface area contributed by atoms with Gasteiger partial charge >= 0.3 is 0 Å². The highest BCUT2D eigenvalue weighted by molar-refractivity contribution is 6.91. The van der Waals surface area contributed by atoms with Gasteiger partial charge in [0.15, 0.2) is 0 Å². The molecule has 0 N–H and O–H groups in total. The summed E-state index contributed by atoms with van der Waals surface area (Å²) in [6, 6.07) is 11.6. The largest absolute Gasteiger partial charge is 0.404 e. The Kier molecular flexibility index (Phi) is 4.25. The Balaban J connectivity index is 2.78. The summed E-state index contributed by atoms with van der Waals surface area (Å²) < 4.78 is 2.63. The molecule has 0 saturated carbocycles. The zero-order chi connectivity index (χ0) is 9.68. The summed E-state index contributed by atoms with van der Waals surface area (Å²) >= 11 is 0. The van der Waals surface area contributed by atoms with Crippen LogP contribution in [0.4, 0.5) is 5.69 Å². The highest BCUT2D eigenvalue weighted by atomic mass is 29.1. The second-order valence-corrected chi connectivity index (χ2v) is 6.59. The summed E-state index contributed by atoms with van der Waals surface area (Å²) in [6.07, 6.45) is 1.25. The van der Waals surface area contributed by atoms with Crippen molar-refractivity contribution >= 4 is 24.6 Å². The molecule has 13 heavy (non-hydrogen) atoms. The van der Waals surface area contributed by atoms with Crippen LogP contribution in [0.5, 0.6) is 0 Å². The third-order valence-corrected chi connectivity index (χ3v) is 6.27. The number of nitrogens with zero attached hydrogens (tertiary/aromatic N) is 1. The van der Waals surface area contributed by atoms with Crippen molar-refractivity contribution < 1.29 is 0 Å². The van der Waals surface area contributed by atoms with Gasteiger partial charge in [0.1, 0.15) is 9.20 Å². The van der Waals surface area contributed by atoms with E-state index in [4.69, 9.17) is 0 Å². The molecule has 0 spiro atoms. The van der Waals surface area contributed by atoms with Crippen LogP contribution in [0.2, 0.25) is 0 Å². The van der Waals surface area contributed by atoms with Crippen LogP contribution < -0.4 is 4.57 Å². The van der Waals surface area contributed by atoms with Crippen molar-refractivity contribution in [3.8, 4) is 0 Å². The molecule has 0 aromatic heterocycles. The quantitative estimate of drug-likeness (QED) is 0.659. The van der Waals surface area contributed by atoms with Crippen molar-refractivity contribution in [2.75, 3.05) is 4.57 Å². The van der Waals surface area contributed by atoms with Gasteiger partial charge in [-0.1, -0.05) is 25.1 Å². The van der Waals surface area contributed by atoms with E-state index in [9.17, 15) is 0 Å². The van der Waals surface area contributed by atoms with Crippen molar-refractivity contribution in [1.29, 1.82) is 0 Å². The zero-order valence-corrected chi connectivity index (χ0v) is 12.2. The number of hydrogen-bond acceptors (Lipinski definition) is 1. The van der Waals surface area contributed by atoms with Crippen LogP contribution in [0.1, 0.15) is 20.3 Å². The van der Waals surface area contributed by atoms with E-state index in [0.29, 0.717) is 0 Å². The topological polar surface area (TPSA) is 3.24 Å². The second-order valence-electron chi connectivity index (χ2n) is 3.38. The van der Waals surface area contributed by atoms with Crippen LogP contribution in [-0.2, 0) is 0 Å². The van der Waals surface area contributed by atoms with Crippen molar-refractivity contribution in [2.24, 2.45) is 0 Å². The number of rotatable bonds is 4. The lowest BCUT2D eigenvalue weighted by molar-refractivity contribution is 0.713. The fourth-order valence-corrected chi connectivity index (χ4v) is 6.01. The van der Waals surface area contributed by atoms with Gasteiger partial charge in [0.25, 0.3) is 0 Å². The summed E-state index contributed by atoms with van der Waals surface area (Å²) in [4.78, 5) is 0. The summed E-state index contributed by atoms with van der Waals surface area (Å²) in [7, 11) is 1.42. The molecule has 0 fully saturated rings. The van der Waals surface area contributed by atoms with E-state index >= 15 is 0 Å². The van der Waals surface area contributed by atoms with Gasteiger partial charge in [-0.15, -0.1) is 0 Å². The highest BCUT2D eigenvalue weighted by Crippen LogP contribution is 2.15. The Labute approximate surface area is 86.3 Å². The molecular formula is C10H19NSi2. The molecule has 1 unspecified atom stereocenters. The average molecular weight is 209 g/mol. The number of para-hydroxylation sites is 1. The fourth-order valence-electron chi connectivity index (χ4n) is 1.59. The molecule has 0 aliphatic carbocycles. The smallest absolute Gasteiger partial charge is 0.103 e. The Morgan fingerprint density at radius 3 is 2.46 bits per heavy atom. The van der Waals surface area contributed by atoms with Crippen molar-refractivity contribution in [3.05, 3.63) is 30.3 Å². The average Bonchev–Trinajstić information content (AvgIpc) is 2.20. The fraction of sp³-hybridized carbons (Fsp3) is 0.400. The maximum absolute atomic E-state index is 2.63. The Morgan fingerprint density at radius 1 is 1.38 bits per heavy atom. The molecule has 0 aliphatic rings. The molecule has 0 heterocycles.